The van der Waals surface area contributed by atoms with E-state index in [-0.39, 0.29) is 0 Å². The van der Waals surface area contributed by atoms with Crippen molar-refractivity contribution in [1.82, 2.24) is 4.98 Å². The zero-order valence-electron chi connectivity index (χ0n) is 9.02. The predicted molar refractivity (Wildman–Crippen MR) is 70.4 cm³/mol. The van der Waals surface area contributed by atoms with Crippen LogP contribution in [0, 0.1) is 11.3 Å². The molecule has 2 rings (SSSR count). The number of nitrogens with zero attached hydrogens (tertiary/aromatic N) is 2. The van der Waals surface area contributed by atoms with E-state index in [4.69, 9.17) is 5.26 Å². The number of pyridine rings is 1. The van der Waals surface area contributed by atoms with Gasteiger partial charge in [-0.3, -0.25) is 4.98 Å². The first-order chi connectivity index (χ1) is 8.29. The number of hydrogen-bond acceptors (Lipinski definition) is 3. The molecule has 0 unspecified atom stereocenters. The van der Waals surface area contributed by atoms with Crippen LogP contribution in [0.1, 0.15) is 11.1 Å². The molecule has 0 saturated carbocycles. The van der Waals surface area contributed by atoms with E-state index in [1.165, 1.54) is 0 Å². The van der Waals surface area contributed by atoms with Gasteiger partial charge in [-0.05, 0) is 45.8 Å². The second-order valence-electron chi connectivity index (χ2n) is 3.52. The van der Waals surface area contributed by atoms with E-state index in [2.05, 4.69) is 32.3 Å². The molecule has 0 amide bonds. The first kappa shape index (κ1) is 11.6. The molecule has 0 atom stereocenters. The standard InChI is InChI=1S/C13H10BrN3/c14-12-6-10(7-15)3-4-13(12)17-9-11-2-1-5-16-8-11/h1-6,8,17H,9H2. The number of rotatable bonds is 3. The van der Waals surface area contributed by atoms with Gasteiger partial charge in [0.2, 0.25) is 0 Å². The minimum absolute atomic E-state index is 0.642. The number of hydrogen-bond donors (Lipinski definition) is 1. The van der Waals surface area contributed by atoms with E-state index in [1.54, 1.807) is 18.3 Å². The van der Waals surface area contributed by atoms with Crippen LogP contribution in [-0.2, 0) is 6.54 Å². The molecule has 0 aliphatic carbocycles. The van der Waals surface area contributed by atoms with Crippen LogP contribution >= 0.6 is 15.9 Å². The second-order valence-corrected chi connectivity index (χ2v) is 4.38. The van der Waals surface area contributed by atoms with Crippen molar-refractivity contribution in [1.29, 1.82) is 5.26 Å². The number of halogens is 1. The van der Waals surface area contributed by atoms with Gasteiger partial charge in [-0.1, -0.05) is 6.07 Å². The first-order valence-corrected chi connectivity index (χ1v) is 5.91. The molecule has 0 saturated heterocycles. The zero-order chi connectivity index (χ0) is 12.1. The summed E-state index contributed by atoms with van der Waals surface area (Å²) in [5, 5.41) is 12.0. The topological polar surface area (TPSA) is 48.7 Å². The van der Waals surface area contributed by atoms with Crippen LogP contribution in [0.2, 0.25) is 0 Å². The van der Waals surface area contributed by atoms with Crippen molar-refractivity contribution in [3.63, 3.8) is 0 Å². The summed E-state index contributed by atoms with van der Waals surface area (Å²) in [5.74, 6) is 0. The van der Waals surface area contributed by atoms with E-state index < -0.39 is 0 Å². The predicted octanol–water partition coefficient (Wildman–Crippen LogP) is 3.33. The van der Waals surface area contributed by atoms with E-state index in [1.807, 2.05) is 24.4 Å². The molecule has 0 aliphatic rings. The van der Waals surface area contributed by atoms with E-state index >= 15 is 0 Å². The molecule has 1 N–H and O–H groups in total. The normalized spacial score (nSPS) is 9.65. The molecule has 0 aliphatic heterocycles. The fraction of sp³-hybridized carbons (Fsp3) is 0.0769. The van der Waals surface area contributed by atoms with E-state index in [0.29, 0.717) is 12.1 Å². The average molecular weight is 288 g/mol. The average Bonchev–Trinajstić information content (AvgIpc) is 2.38. The zero-order valence-corrected chi connectivity index (χ0v) is 10.6. The highest BCUT2D eigenvalue weighted by Gasteiger charge is 2.01. The summed E-state index contributed by atoms with van der Waals surface area (Å²) in [4.78, 5) is 4.05. The lowest BCUT2D eigenvalue weighted by Crippen LogP contribution is -2.00. The fourth-order valence-electron chi connectivity index (χ4n) is 1.43. The molecule has 0 spiro atoms. The summed E-state index contributed by atoms with van der Waals surface area (Å²) in [6.45, 7) is 0.707. The van der Waals surface area contributed by atoms with Gasteiger partial charge in [0.1, 0.15) is 0 Å². The molecule has 0 fully saturated rings. The Hall–Kier alpha value is -1.86. The molecule has 4 heteroatoms. The van der Waals surface area contributed by atoms with E-state index in [0.717, 1.165) is 15.7 Å². The molecule has 3 nitrogen and oxygen atoms in total. The minimum Gasteiger partial charge on any atom is -0.380 e. The van der Waals surface area contributed by atoms with Gasteiger partial charge in [-0.15, -0.1) is 0 Å². The Balaban J connectivity index is 2.08. The molecule has 0 bridgehead atoms. The fourth-order valence-corrected chi connectivity index (χ4v) is 1.95. The Bertz CT molecular complexity index is 546. The van der Waals surface area contributed by atoms with Crippen molar-refractivity contribution < 1.29 is 0 Å². The molecule has 0 radical (unpaired) electrons. The van der Waals surface area contributed by atoms with Crippen LogP contribution in [0.5, 0.6) is 0 Å². The van der Waals surface area contributed by atoms with Crippen LogP contribution in [0.25, 0.3) is 0 Å². The first-order valence-electron chi connectivity index (χ1n) is 5.12. The number of benzene rings is 1. The summed E-state index contributed by atoms with van der Waals surface area (Å²) in [6.07, 6.45) is 3.58. The molecule has 1 aromatic heterocycles. The summed E-state index contributed by atoms with van der Waals surface area (Å²) < 4.78 is 0.889. The van der Waals surface area contributed by atoms with Crippen LogP contribution in [0.3, 0.4) is 0 Å². The largest absolute Gasteiger partial charge is 0.380 e. The highest BCUT2D eigenvalue weighted by atomic mass is 79.9. The smallest absolute Gasteiger partial charge is 0.0992 e. The van der Waals surface area contributed by atoms with E-state index in [9.17, 15) is 0 Å². The lowest BCUT2D eigenvalue weighted by atomic mass is 10.2. The minimum atomic E-state index is 0.642. The quantitative estimate of drug-likeness (QED) is 0.942. The van der Waals surface area contributed by atoms with Crippen molar-refractivity contribution in [2.45, 2.75) is 6.54 Å². The maximum absolute atomic E-state index is 8.76. The molecule has 2 aromatic rings. The number of anilines is 1. The van der Waals surface area contributed by atoms with Crippen molar-refractivity contribution >= 4 is 21.6 Å². The molecule has 17 heavy (non-hydrogen) atoms. The molecule has 1 heterocycles. The molecular weight excluding hydrogens is 278 g/mol. The number of aromatic nitrogens is 1. The van der Waals surface area contributed by atoms with Gasteiger partial charge in [-0.2, -0.15) is 5.26 Å². The van der Waals surface area contributed by atoms with Crippen molar-refractivity contribution in [2.75, 3.05) is 5.32 Å². The summed E-state index contributed by atoms with van der Waals surface area (Å²) in [5.41, 5.74) is 2.72. The van der Waals surface area contributed by atoms with Crippen molar-refractivity contribution in [2.24, 2.45) is 0 Å². The van der Waals surface area contributed by atoms with Crippen LogP contribution < -0.4 is 5.32 Å². The van der Waals surface area contributed by atoms with Gasteiger partial charge in [-0.25, -0.2) is 0 Å². The Morgan fingerprint density at radius 2 is 2.24 bits per heavy atom. The van der Waals surface area contributed by atoms with Crippen molar-refractivity contribution in [3.05, 3.63) is 58.3 Å². The highest BCUT2D eigenvalue weighted by Crippen LogP contribution is 2.23. The Morgan fingerprint density at radius 1 is 1.35 bits per heavy atom. The van der Waals surface area contributed by atoms with Crippen LogP contribution in [-0.4, -0.2) is 4.98 Å². The van der Waals surface area contributed by atoms with Gasteiger partial charge >= 0.3 is 0 Å². The maximum atomic E-state index is 8.76. The third-order valence-electron chi connectivity index (χ3n) is 2.30. The van der Waals surface area contributed by atoms with Crippen LogP contribution in [0.15, 0.2) is 47.2 Å². The van der Waals surface area contributed by atoms with Gasteiger partial charge in [0, 0.05) is 29.1 Å². The molecule has 1 aromatic carbocycles. The lowest BCUT2D eigenvalue weighted by Gasteiger charge is -2.08. The summed E-state index contributed by atoms with van der Waals surface area (Å²) >= 11 is 3.43. The Kier molecular flexibility index (Phi) is 3.73. The van der Waals surface area contributed by atoms with Crippen LogP contribution in [0.4, 0.5) is 5.69 Å². The molecule has 84 valence electrons. The Labute approximate surface area is 108 Å². The SMILES string of the molecule is N#Cc1ccc(NCc2cccnc2)c(Br)c1. The maximum Gasteiger partial charge on any atom is 0.0992 e. The van der Waals surface area contributed by atoms with Gasteiger partial charge in [0.15, 0.2) is 0 Å². The second kappa shape index (κ2) is 5.46. The lowest BCUT2D eigenvalue weighted by molar-refractivity contribution is 1.11. The van der Waals surface area contributed by atoms with Crippen molar-refractivity contribution in [3.8, 4) is 6.07 Å². The van der Waals surface area contributed by atoms with Gasteiger partial charge in [0.25, 0.3) is 0 Å². The monoisotopic (exact) mass is 287 g/mol. The summed E-state index contributed by atoms with van der Waals surface area (Å²) in [7, 11) is 0. The van der Waals surface area contributed by atoms with Gasteiger partial charge < -0.3 is 5.32 Å². The number of nitriles is 1. The Morgan fingerprint density at radius 3 is 2.88 bits per heavy atom. The highest BCUT2D eigenvalue weighted by molar-refractivity contribution is 9.10. The summed E-state index contributed by atoms with van der Waals surface area (Å²) in [6, 6.07) is 11.5. The number of nitrogens with one attached hydrogen (secondary N) is 1. The molecular formula is C13H10BrN3. The third-order valence-corrected chi connectivity index (χ3v) is 2.96. The third kappa shape index (κ3) is 3.05. The van der Waals surface area contributed by atoms with Gasteiger partial charge in [0.05, 0.1) is 11.6 Å².